The van der Waals surface area contributed by atoms with Crippen molar-refractivity contribution in [2.45, 2.75) is 114 Å². The van der Waals surface area contributed by atoms with Crippen LogP contribution in [0.3, 0.4) is 0 Å². The Kier molecular flexibility index (Phi) is 12.6. The molecule has 184 valence electrons. The number of likely N-dealkylation sites (tertiary alicyclic amines) is 1. The molecular weight excluding hydrogens is 499 g/mol. The van der Waals surface area contributed by atoms with Crippen LogP contribution in [-0.2, 0) is 4.79 Å². The first kappa shape index (κ1) is 28.9. The number of amides is 1. The number of hydrogen-bond acceptors (Lipinski definition) is 3. The summed E-state index contributed by atoms with van der Waals surface area (Å²) in [5, 5.41) is 0. The number of rotatable bonds is 4. The van der Waals surface area contributed by atoms with E-state index in [1.807, 2.05) is 13.8 Å². The Labute approximate surface area is 200 Å². The zero-order chi connectivity index (χ0) is 23.7. The van der Waals surface area contributed by atoms with Crippen LogP contribution in [0.25, 0.3) is 0 Å². The molecule has 3 atom stereocenters. The van der Waals surface area contributed by atoms with Crippen LogP contribution in [0.15, 0.2) is 11.6 Å². The first-order chi connectivity index (χ1) is 14.6. The van der Waals surface area contributed by atoms with E-state index in [4.69, 9.17) is 0 Å². The number of hydrogen-bond donors (Lipinski definition) is 2. The number of halogens is 1. The molecule has 31 heavy (non-hydrogen) atoms. The second-order valence-corrected chi connectivity index (χ2v) is 15.6. The number of alkyl halides is 2. The van der Waals surface area contributed by atoms with E-state index in [9.17, 15) is 8.23 Å². The van der Waals surface area contributed by atoms with Crippen molar-refractivity contribution in [2.24, 2.45) is 16.6 Å². The van der Waals surface area contributed by atoms with Gasteiger partial charge in [-0.3, -0.25) is 4.79 Å². The molecule has 0 radical (unpaired) electrons. The number of fused-ring (bicyclic) bond motifs is 2. The Bertz CT molecular complexity index is 568. The normalized spacial score (nSPS) is 31.6. The summed E-state index contributed by atoms with van der Waals surface area (Å²) >= 11 is -1.92. The molecule has 2 aliphatic heterocycles. The zero-order valence-corrected chi connectivity index (χ0v) is 23.6. The van der Waals surface area contributed by atoms with Crippen molar-refractivity contribution in [1.82, 2.24) is 4.90 Å². The SMILES string of the molecule is CC.CC(N)=O.CC1CCC2(C)CCC=C(C(CCCN3CCCCC3)I1O)C2(C)C. The van der Waals surface area contributed by atoms with Crippen molar-refractivity contribution in [3.05, 3.63) is 11.6 Å². The molecule has 0 saturated carbocycles. The van der Waals surface area contributed by atoms with E-state index in [1.54, 1.807) is 5.57 Å². The molecule has 4 nitrogen and oxygen atoms in total. The summed E-state index contributed by atoms with van der Waals surface area (Å²) in [6.07, 6.45) is 14.3. The van der Waals surface area contributed by atoms with Gasteiger partial charge in [-0.05, 0) is 0 Å². The van der Waals surface area contributed by atoms with E-state index >= 15 is 0 Å². The van der Waals surface area contributed by atoms with Crippen molar-refractivity contribution < 1.29 is 8.23 Å². The number of allylic oxidation sites excluding steroid dienone is 2. The fraction of sp³-hybridized carbons (Fsp3) is 0.885. The van der Waals surface area contributed by atoms with Gasteiger partial charge in [0.2, 0.25) is 5.91 Å². The molecule has 2 fully saturated rings. The van der Waals surface area contributed by atoms with Gasteiger partial charge in [0.15, 0.2) is 0 Å². The topological polar surface area (TPSA) is 66.6 Å². The van der Waals surface area contributed by atoms with Gasteiger partial charge in [0, 0.05) is 6.92 Å². The molecule has 2 heterocycles. The minimum absolute atomic E-state index is 0.264. The number of nitrogens with two attached hydrogens (primary N) is 1. The van der Waals surface area contributed by atoms with Gasteiger partial charge in [0.25, 0.3) is 0 Å². The van der Waals surface area contributed by atoms with Gasteiger partial charge < -0.3 is 5.73 Å². The van der Waals surface area contributed by atoms with Gasteiger partial charge >= 0.3 is 164 Å². The van der Waals surface area contributed by atoms with Crippen molar-refractivity contribution in [2.75, 3.05) is 19.6 Å². The van der Waals surface area contributed by atoms with E-state index in [-0.39, 0.29) is 11.3 Å². The molecule has 1 aliphatic carbocycles. The standard InChI is InChI=1S/C22H40INO.C2H5NO.C2H6/c1-18-12-14-22(4)13-8-10-19(21(22,2)3)20(23(18)25)11-9-17-24-15-6-5-7-16-24;1-2(3)4;1-2/h10,18,20,25H,5-9,11-17H2,1-4H3;1H3,(H2,3,4);1-2H3. The van der Waals surface area contributed by atoms with Crippen LogP contribution in [0.2, 0.25) is 0 Å². The molecular formula is C26H51IN2O2. The molecule has 0 aromatic carbocycles. The maximum absolute atomic E-state index is 11.3. The molecule has 2 bridgehead atoms. The number of primary amides is 1. The molecule has 0 aromatic rings. The molecule has 3 unspecified atom stereocenters. The van der Waals surface area contributed by atoms with Crippen LogP contribution in [0.5, 0.6) is 0 Å². The Hall–Kier alpha value is -0.140. The van der Waals surface area contributed by atoms with Crippen LogP contribution < -0.4 is 5.73 Å². The fourth-order valence-corrected chi connectivity index (χ4v) is 10.6. The third kappa shape index (κ3) is 7.99. The van der Waals surface area contributed by atoms with Crippen LogP contribution in [-0.4, -0.2) is 41.7 Å². The average Bonchev–Trinajstić information content (AvgIpc) is 2.73. The molecule has 3 N–H and O–H groups in total. The summed E-state index contributed by atoms with van der Waals surface area (Å²) in [7, 11) is 0. The molecule has 5 heteroatoms. The molecule has 1 amide bonds. The van der Waals surface area contributed by atoms with Gasteiger partial charge in [-0.1, -0.05) is 13.8 Å². The Balaban J connectivity index is 0.000000720. The van der Waals surface area contributed by atoms with Crippen LogP contribution >= 0.6 is 20.2 Å². The summed E-state index contributed by atoms with van der Waals surface area (Å²) in [5.74, 6) is -0.333. The maximum atomic E-state index is 11.3. The van der Waals surface area contributed by atoms with E-state index < -0.39 is 20.2 Å². The van der Waals surface area contributed by atoms with Crippen LogP contribution in [0, 0.1) is 10.8 Å². The van der Waals surface area contributed by atoms with Crippen molar-refractivity contribution in [3.8, 4) is 0 Å². The van der Waals surface area contributed by atoms with Crippen molar-refractivity contribution >= 4 is 26.1 Å². The number of carbonyl (C=O) groups is 1. The number of piperidine rings is 1. The Morgan fingerprint density at radius 1 is 1.19 bits per heavy atom. The third-order valence-electron chi connectivity index (χ3n) is 7.75. The zero-order valence-electron chi connectivity index (χ0n) is 21.5. The first-order valence-electron chi connectivity index (χ1n) is 12.6. The summed E-state index contributed by atoms with van der Waals surface area (Å²) in [5.41, 5.74) is 6.81. The Morgan fingerprint density at radius 3 is 2.35 bits per heavy atom. The molecule has 0 spiro atoms. The first-order valence-corrected chi connectivity index (χ1v) is 16.1. The summed E-state index contributed by atoms with van der Waals surface area (Å²) in [6.45, 7) is 19.0. The van der Waals surface area contributed by atoms with E-state index in [0.717, 1.165) is 0 Å². The molecule has 0 aromatic heterocycles. The van der Waals surface area contributed by atoms with Gasteiger partial charge in [-0.25, -0.2) is 0 Å². The molecule has 2 saturated heterocycles. The molecule has 3 aliphatic rings. The predicted molar refractivity (Wildman–Crippen MR) is 144 cm³/mol. The quantitative estimate of drug-likeness (QED) is 0.239. The summed E-state index contributed by atoms with van der Waals surface area (Å²) in [4.78, 5) is 11.9. The fourth-order valence-electron chi connectivity index (χ4n) is 5.37. The average molecular weight is 551 g/mol. The van der Waals surface area contributed by atoms with E-state index in [0.29, 0.717) is 13.3 Å². The van der Waals surface area contributed by atoms with Gasteiger partial charge in [0.1, 0.15) is 0 Å². The monoisotopic (exact) mass is 550 g/mol. The third-order valence-corrected chi connectivity index (χ3v) is 13.4. The summed E-state index contributed by atoms with van der Waals surface area (Å²) < 4.78 is 12.4. The second kappa shape index (κ2) is 13.5. The minimum atomic E-state index is -1.92. The number of nitrogens with zero attached hydrogens (tertiary/aromatic N) is 1. The van der Waals surface area contributed by atoms with Crippen molar-refractivity contribution in [1.29, 1.82) is 0 Å². The van der Waals surface area contributed by atoms with Gasteiger partial charge in [-0.2, -0.15) is 0 Å². The van der Waals surface area contributed by atoms with Gasteiger partial charge in [-0.15, -0.1) is 0 Å². The van der Waals surface area contributed by atoms with Gasteiger partial charge in [0.05, 0.1) is 0 Å². The summed E-state index contributed by atoms with van der Waals surface area (Å²) in [6, 6.07) is 0. The number of carbonyl (C=O) groups excluding carboxylic acids is 1. The van der Waals surface area contributed by atoms with E-state index in [1.165, 1.54) is 84.3 Å². The molecule has 3 rings (SSSR count). The second-order valence-electron chi connectivity index (χ2n) is 10.1. The van der Waals surface area contributed by atoms with Crippen LogP contribution in [0.1, 0.15) is 106 Å². The van der Waals surface area contributed by atoms with Crippen LogP contribution in [0.4, 0.5) is 0 Å². The predicted octanol–water partition coefficient (Wildman–Crippen LogP) is 6.49. The Morgan fingerprint density at radius 2 is 1.77 bits per heavy atom. The van der Waals surface area contributed by atoms with E-state index in [2.05, 4.69) is 44.4 Å². The van der Waals surface area contributed by atoms with Crippen molar-refractivity contribution in [3.63, 3.8) is 0 Å².